The number of benzene rings is 1. The second-order valence-electron chi connectivity index (χ2n) is 7.51. The van der Waals surface area contributed by atoms with Crippen LogP contribution in [0.3, 0.4) is 0 Å². The number of hydrogen-bond donors (Lipinski definition) is 0. The van der Waals surface area contributed by atoms with Crippen molar-refractivity contribution in [1.29, 1.82) is 0 Å². The van der Waals surface area contributed by atoms with Crippen LogP contribution in [-0.4, -0.2) is 50.3 Å². The first-order chi connectivity index (χ1) is 12.7. The highest BCUT2D eigenvalue weighted by Crippen LogP contribution is 2.50. The maximum absolute atomic E-state index is 12.7. The predicted octanol–water partition coefficient (Wildman–Crippen LogP) is 2.18. The van der Waals surface area contributed by atoms with Gasteiger partial charge in [0.1, 0.15) is 6.10 Å². The molecule has 3 atom stereocenters. The van der Waals surface area contributed by atoms with Crippen LogP contribution in [-0.2, 0) is 22.6 Å². The van der Waals surface area contributed by atoms with Crippen LogP contribution < -0.4 is 0 Å². The van der Waals surface area contributed by atoms with E-state index >= 15 is 0 Å². The zero-order chi connectivity index (χ0) is 17.7. The van der Waals surface area contributed by atoms with E-state index in [1.165, 1.54) is 5.56 Å². The Morgan fingerprint density at radius 1 is 1.31 bits per heavy atom. The molecule has 136 valence electrons. The fraction of sp³-hybridized carbons (Fsp3) is 0.500. The average molecular weight is 352 g/mol. The maximum Gasteiger partial charge on any atom is 0.226 e. The molecule has 6 heteroatoms. The number of carbonyl (C=O) groups excluding carboxylic acids is 1. The van der Waals surface area contributed by atoms with Gasteiger partial charge in [-0.2, -0.15) is 5.10 Å². The van der Waals surface area contributed by atoms with Crippen molar-refractivity contribution in [3.05, 3.63) is 53.9 Å². The molecular formula is C20H24N4O2. The van der Waals surface area contributed by atoms with Gasteiger partial charge < -0.3 is 9.64 Å². The van der Waals surface area contributed by atoms with Gasteiger partial charge in [-0.05, 0) is 12.5 Å². The molecule has 0 bridgehead atoms. The number of carbonyl (C=O) groups is 1. The number of ether oxygens (including phenoxy) is 1. The van der Waals surface area contributed by atoms with Gasteiger partial charge in [0, 0.05) is 44.2 Å². The molecule has 3 fully saturated rings. The Balaban J connectivity index is 1.38. The van der Waals surface area contributed by atoms with Gasteiger partial charge >= 0.3 is 0 Å². The van der Waals surface area contributed by atoms with Crippen LogP contribution in [0.25, 0.3) is 0 Å². The number of rotatable bonds is 4. The second kappa shape index (κ2) is 5.93. The third-order valence-electron chi connectivity index (χ3n) is 6.11. The van der Waals surface area contributed by atoms with Crippen LogP contribution >= 0.6 is 0 Å². The molecule has 1 amide bonds. The number of nitrogens with zero attached hydrogens (tertiary/aromatic N) is 4. The molecule has 1 aromatic carbocycles. The van der Waals surface area contributed by atoms with Crippen LogP contribution in [0.5, 0.6) is 0 Å². The summed E-state index contributed by atoms with van der Waals surface area (Å²) in [5.74, 6) is 0.224. The molecular weight excluding hydrogens is 328 g/mol. The van der Waals surface area contributed by atoms with Crippen molar-refractivity contribution in [2.75, 3.05) is 13.1 Å². The molecule has 0 radical (unpaired) electrons. The molecule has 2 aromatic rings. The van der Waals surface area contributed by atoms with Crippen LogP contribution in [0.2, 0.25) is 0 Å². The lowest BCUT2D eigenvalue weighted by atomic mass is 10.1. The minimum atomic E-state index is -0.446. The van der Waals surface area contributed by atoms with Gasteiger partial charge in [0.15, 0.2) is 5.72 Å². The van der Waals surface area contributed by atoms with Crippen molar-refractivity contribution in [3.8, 4) is 0 Å². The Hall–Kier alpha value is -2.18. The summed E-state index contributed by atoms with van der Waals surface area (Å²) in [6.07, 6.45) is 5.45. The van der Waals surface area contributed by atoms with E-state index in [9.17, 15) is 4.79 Å². The lowest BCUT2D eigenvalue weighted by molar-refractivity contribution is -0.138. The highest BCUT2D eigenvalue weighted by atomic mass is 16.5. The van der Waals surface area contributed by atoms with Gasteiger partial charge in [-0.3, -0.25) is 14.4 Å². The number of hydrogen-bond acceptors (Lipinski definition) is 4. The summed E-state index contributed by atoms with van der Waals surface area (Å²) in [4.78, 5) is 17.1. The molecule has 3 aliphatic rings. The monoisotopic (exact) mass is 352 g/mol. The lowest BCUT2D eigenvalue weighted by Crippen LogP contribution is -2.47. The van der Waals surface area contributed by atoms with Gasteiger partial charge in [-0.25, -0.2) is 0 Å². The first-order valence-electron chi connectivity index (χ1n) is 9.48. The fourth-order valence-electron chi connectivity index (χ4n) is 4.83. The van der Waals surface area contributed by atoms with Gasteiger partial charge in [0.25, 0.3) is 0 Å². The van der Waals surface area contributed by atoms with Crippen molar-refractivity contribution in [2.24, 2.45) is 0 Å². The molecule has 3 aliphatic heterocycles. The molecule has 1 aromatic heterocycles. The van der Waals surface area contributed by atoms with Gasteiger partial charge in [0.2, 0.25) is 5.91 Å². The Kier molecular flexibility index (Phi) is 3.65. The molecule has 0 saturated carbocycles. The van der Waals surface area contributed by atoms with E-state index < -0.39 is 5.72 Å². The average Bonchev–Trinajstić information content (AvgIpc) is 3.40. The van der Waals surface area contributed by atoms with Crippen LogP contribution in [0.4, 0.5) is 0 Å². The van der Waals surface area contributed by atoms with E-state index in [-0.39, 0.29) is 18.1 Å². The standard InChI is InChI=1S/C20H24N4O2/c1-2-23-13-15(11-21-23)12-22-9-8-20-18(22)10-19(25)24(20)14-17(26-20)16-6-4-3-5-7-16/h3-7,11,13,17-18H,2,8-10,12,14H2,1H3/t17-,18+,20-/m0/s1. The van der Waals surface area contributed by atoms with E-state index in [1.807, 2.05) is 34.0 Å². The molecule has 3 saturated heterocycles. The van der Waals surface area contributed by atoms with E-state index in [1.54, 1.807) is 0 Å². The smallest absolute Gasteiger partial charge is 0.226 e. The summed E-state index contributed by atoms with van der Waals surface area (Å²) in [6.45, 7) is 5.41. The summed E-state index contributed by atoms with van der Waals surface area (Å²) in [7, 11) is 0. The summed E-state index contributed by atoms with van der Waals surface area (Å²) < 4.78 is 8.54. The molecule has 0 unspecified atom stereocenters. The van der Waals surface area contributed by atoms with Gasteiger partial charge in [0.05, 0.1) is 18.8 Å². The summed E-state index contributed by atoms with van der Waals surface area (Å²) in [5.41, 5.74) is 1.91. The summed E-state index contributed by atoms with van der Waals surface area (Å²) in [5, 5.41) is 4.38. The van der Waals surface area contributed by atoms with Crippen molar-refractivity contribution in [1.82, 2.24) is 19.6 Å². The SMILES string of the molecule is CCn1cc(CN2CC[C@@]34O[C@H](c5ccccc5)CN3C(=O)C[C@@H]24)cn1. The van der Waals surface area contributed by atoms with Crippen LogP contribution in [0.15, 0.2) is 42.7 Å². The molecule has 1 spiro atoms. The quantitative estimate of drug-likeness (QED) is 0.846. The number of amides is 1. The fourth-order valence-corrected chi connectivity index (χ4v) is 4.83. The molecule has 5 rings (SSSR count). The van der Waals surface area contributed by atoms with E-state index in [0.717, 1.165) is 31.6 Å². The molecule has 0 N–H and O–H groups in total. The third-order valence-corrected chi connectivity index (χ3v) is 6.11. The zero-order valence-electron chi connectivity index (χ0n) is 15.0. The maximum atomic E-state index is 12.7. The highest BCUT2D eigenvalue weighted by molar-refractivity contribution is 5.81. The van der Waals surface area contributed by atoms with Crippen LogP contribution in [0.1, 0.15) is 37.0 Å². The number of likely N-dealkylation sites (tertiary alicyclic amines) is 1. The zero-order valence-corrected chi connectivity index (χ0v) is 15.0. The third kappa shape index (κ3) is 2.32. The predicted molar refractivity (Wildman–Crippen MR) is 96.0 cm³/mol. The van der Waals surface area contributed by atoms with Crippen molar-refractivity contribution < 1.29 is 9.53 Å². The van der Waals surface area contributed by atoms with E-state index in [4.69, 9.17) is 4.74 Å². The molecule has 0 aliphatic carbocycles. The lowest BCUT2D eigenvalue weighted by Gasteiger charge is -2.32. The second-order valence-corrected chi connectivity index (χ2v) is 7.51. The van der Waals surface area contributed by atoms with Crippen molar-refractivity contribution in [3.63, 3.8) is 0 Å². The Bertz CT molecular complexity index is 820. The van der Waals surface area contributed by atoms with Gasteiger partial charge in [-0.15, -0.1) is 0 Å². The molecule has 6 nitrogen and oxygen atoms in total. The largest absolute Gasteiger partial charge is 0.344 e. The van der Waals surface area contributed by atoms with Crippen molar-refractivity contribution in [2.45, 2.75) is 50.7 Å². The Labute approximate surface area is 153 Å². The normalized spacial score (nSPS) is 30.8. The topological polar surface area (TPSA) is 50.6 Å². The minimum absolute atomic E-state index is 0.0225. The highest BCUT2D eigenvalue weighted by Gasteiger charge is 2.63. The van der Waals surface area contributed by atoms with E-state index in [0.29, 0.717) is 13.0 Å². The first kappa shape index (κ1) is 16.0. The van der Waals surface area contributed by atoms with Crippen molar-refractivity contribution >= 4 is 5.91 Å². The molecule has 4 heterocycles. The number of aromatic nitrogens is 2. The van der Waals surface area contributed by atoms with E-state index in [2.05, 4.69) is 35.3 Å². The minimum Gasteiger partial charge on any atom is -0.344 e. The van der Waals surface area contributed by atoms with Crippen LogP contribution in [0, 0.1) is 0 Å². The number of aryl methyl sites for hydroxylation is 1. The van der Waals surface area contributed by atoms with Gasteiger partial charge in [-0.1, -0.05) is 30.3 Å². The Morgan fingerprint density at radius 2 is 2.15 bits per heavy atom. The summed E-state index contributed by atoms with van der Waals surface area (Å²) in [6, 6.07) is 10.4. The summed E-state index contributed by atoms with van der Waals surface area (Å²) >= 11 is 0. The molecule has 26 heavy (non-hydrogen) atoms. The Morgan fingerprint density at radius 3 is 2.92 bits per heavy atom. The first-order valence-corrected chi connectivity index (χ1v) is 9.48.